The third kappa shape index (κ3) is 2.60. The Bertz CT molecular complexity index is 1110. The molecule has 1 heterocycles. The number of fused-ring (bicyclic) bond motifs is 2. The van der Waals surface area contributed by atoms with E-state index in [4.69, 9.17) is 34.8 Å². The minimum absolute atomic E-state index is 0.165. The van der Waals surface area contributed by atoms with Crippen molar-refractivity contribution in [1.82, 2.24) is 4.98 Å². The van der Waals surface area contributed by atoms with E-state index < -0.39 is 5.92 Å². The lowest BCUT2D eigenvalue weighted by Gasteiger charge is -2.12. The van der Waals surface area contributed by atoms with E-state index in [-0.39, 0.29) is 10.8 Å². The Morgan fingerprint density at radius 3 is 2.46 bits per heavy atom. The predicted molar refractivity (Wildman–Crippen MR) is 117 cm³/mol. The first-order chi connectivity index (χ1) is 12.5. The van der Waals surface area contributed by atoms with Crippen molar-refractivity contribution in [2.24, 2.45) is 0 Å². The third-order valence-corrected chi connectivity index (χ3v) is 6.71. The molecule has 0 amide bonds. The first kappa shape index (κ1) is 18.2. The number of ketones is 1. The summed E-state index contributed by atoms with van der Waals surface area (Å²) in [4.78, 5) is 17.8. The van der Waals surface area contributed by atoms with Crippen LogP contribution in [0.3, 0.4) is 0 Å². The molecule has 0 saturated heterocycles. The lowest BCUT2D eigenvalue weighted by atomic mass is 9.95. The number of hydrogen-bond acceptors (Lipinski definition) is 2. The van der Waals surface area contributed by atoms with Gasteiger partial charge < -0.3 is 0 Å². The van der Waals surface area contributed by atoms with Gasteiger partial charge in [0.2, 0.25) is 0 Å². The van der Waals surface area contributed by atoms with Crippen LogP contribution in [0.2, 0.25) is 15.1 Å². The molecule has 1 aliphatic rings. The van der Waals surface area contributed by atoms with E-state index in [1.165, 1.54) is 0 Å². The molecule has 2 aromatic carbocycles. The van der Waals surface area contributed by atoms with Gasteiger partial charge in [-0.1, -0.05) is 88.2 Å². The van der Waals surface area contributed by atoms with E-state index in [9.17, 15) is 4.79 Å². The van der Waals surface area contributed by atoms with E-state index in [2.05, 4.69) is 34.2 Å². The number of alkyl halides is 1. The van der Waals surface area contributed by atoms with E-state index in [1.807, 2.05) is 36.4 Å². The molecule has 0 radical (unpaired) electrons. The van der Waals surface area contributed by atoms with Crippen LogP contribution in [0.15, 0.2) is 43.0 Å². The van der Waals surface area contributed by atoms with Crippen LogP contribution in [-0.2, 0) is 4.43 Å². The summed E-state index contributed by atoms with van der Waals surface area (Å²) in [5.41, 5.74) is 3.73. The van der Waals surface area contributed by atoms with Gasteiger partial charge in [0.15, 0.2) is 5.78 Å². The smallest absolute Gasteiger partial charge is 0.178 e. The summed E-state index contributed by atoms with van der Waals surface area (Å²) in [6, 6.07) is 11.6. The number of Topliss-reactive ketones (excluding diaryl/α,β-unsaturated/α-hetero) is 1. The number of hydrogen-bond donors (Lipinski definition) is 0. The second kappa shape index (κ2) is 6.79. The van der Waals surface area contributed by atoms with E-state index in [1.54, 1.807) is 0 Å². The number of nitrogens with zero attached hydrogens (tertiary/aromatic N) is 1. The number of allylic oxidation sites excluding steroid dienone is 1. The Morgan fingerprint density at radius 2 is 1.73 bits per heavy atom. The number of halogens is 4. The lowest BCUT2D eigenvalue weighted by molar-refractivity contribution is 0.0985. The van der Waals surface area contributed by atoms with Crippen molar-refractivity contribution in [3.8, 4) is 0 Å². The predicted octanol–water partition coefficient (Wildman–Crippen LogP) is 7.12. The quantitative estimate of drug-likeness (QED) is 0.207. The summed E-state index contributed by atoms with van der Waals surface area (Å²) in [6.45, 7) is 4.14. The summed E-state index contributed by atoms with van der Waals surface area (Å²) in [5.74, 6) is -0.772. The highest BCUT2D eigenvalue weighted by Crippen LogP contribution is 2.51. The molecular weight excluding hydrogens is 503 g/mol. The van der Waals surface area contributed by atoms with Crippen molar-refractivity contribution < 1.29 is 4.79 Å². The molecule has 0 N–H and O–H groups in total. The Balaban J connectivity index is 1.92. The molecule has 4 rings (SSSR count). The van der Waals surface area contributed by atoms with Crippen molar-refractivity contribution in [3.63, 3.8) is 0 Å². The first-order valence-electron chi connectivity index (χ1n) is 7.80. The molecule has 0 saturated carbocycles. The van der Waals surface area contributed by atoms with Crippen LogP contribution in [-0.4, -0.2) is 10.8 Å². The molecule has 130 valence electrons. The SMILES string of the molecule is C=C1c2c(Cl)c(CI)c(Cl)c(Cl)c2C(=O)C1c1ccc2ccccc2n1. The molecule has 6 heteroatoms. The molecule has 1 aliphatic carbocycles. The number of rotatable bonds is 2. The van der Waals surface area contributed by atoms with Crippen LogP contribution in [0.4, 0.5) is 0 Å². The monoisotopic (exact) mass is 513 g/mol. The van der Waals surface area contributed by atoms with Gasteiger partial charge in [0.1, 0.15) is 0 Å². The number of benzene rings is 2. The molecule has 3 aromatic rings. The number of para-hydroxylation sites is 1. The molecule has 0 aliphatic heterocycles. The molecule has 0 fully saturated rings. The molecule has 0 spiro atoms. The van der Waals surface area contributed by atoms with Gasteiger partial charge in [-0.3, -0.25) is 9.78 Å². The average molecular weight is 515 g/mol. The summed E-state index contributed by atoms with van der Waals surface area (Å²) < 4.78 is 0.586. The fourth-order valence-corrected chi connectivity index (χ4v) is 5.56. The van der Waals surface area contributed by atoms with Gasteiger partial charge >= 0.3 is 0 Å². The van der Waals surface area contributed by atoms with Gasteiger partial charge in [-0.15, -0.1) is 0 Å². The molecule has 1 aromatic heterocycles. The van der Waals surface area contributed by atoms with Crippen LogP contribution in [0, 0.1) is 0 Å². The van der Waals surface area contributed by atoms with Crippen LogP contribution >= 0.6 is 57.4 Å². The second-order valence-electron chi connectivity index (χ2n) is 6.06. The van der Waals surface area contributed by atoms with Crippen LogP contribution < -0.4 is 0 Å². The van der Waals surface area contributed by atoms with E-state index >= 15 is 0 Å². The van der Waals surface area contributed by atoms with Crippen LogP contribution in [0.1, 0.15) is 33.1 Å². The minimum Gasteiger partial charge on any atom is -0.293 e. The van der Waals surface area contributed by atoms with Gasteiger partial charge in [-0.05, 0) is 17.7 Å². The Hall–Kier alpha value is -1.14. The standard InChI is InChI=1S/C20H11Cl3INO/c1-9-14(13-7-6-10-4-2-3-5-12(10)25-13)20(26)16-15(9)17(21)11(8-24)18(22)19(16)23/h2-7,14H,1,8H2. The highest BCUT2D eigenvalue weighted by Gasteiger charge is 2.41. The van der Waals surface area contributed by atoms with Crippen molar-refractivity contribution in [1.29, 1.82) is 0 Å². The van der Waals surface area contributed by atoms with Gasteiger partial charge in [-0.2, -0.15) is 0 Å². The van der Waals surface area contributed by atoms with Gasteiger partial charge in [0.05, 0.1) is 32.2 Å². The molecule has 0 bridgehead atoms. The Labute approximate surface area is 179 Å². The fraction of sp³-hybridized carbons (Fsp3) is 0.100. The summed E-state index contributed by atoms with van der Waals surface area (Å²) in [7, 11) is 0. The topological polar surface area (TPSA) is 30.0 Å². The largest absolute Gasteiger partial charge is 0.293 e. The van der Waals surface area contributed by atoms with E-state index in [0.717, 1.165) is 16.5 Å². The van der Waals surface area contributed by atoms with Gasteiger partial charge in [0.25, 0.3) is 0 Å². The Morgan fingerprint density at radius 1 is 1.00 bits per heavy atom. The highest BCUT2D eigenvalue weighted by atomic mass is 127. The zero-order valence-corrected chi connectivity index (χ0v) is 17.7. The summed E-state index contributed by atoms with van der Waals surface area (Å²) in [5, 5.41) is 2.03. The van der Waals surface area contributed by atoms with Crippen LogP contribution in [0.25, 0.3) is 16.5 Å². The lowest BCUT2D eigenvalue weighted by Crippen LogP contribution is -2.08. The maximum absolute atomic E-state index is 13.2. The summed E-state index contributed by atoms with van der Waals surface area (Å²) >= 11 is 21.5. The number of carbonyl (C=O) groups is 1. The third-order valence-electron chi connectivity index (χ3n) is 4.64. The molecule has 26 heavy (non-hydrogen) atoms. The van der Waals surface area contributed by atoms with Gasteiger partial charge in [0, 0.05) is 26.5 Å². The number of pyridine rings is 1. The van der Waals surface area contributed by atoms with Crippen molar-refractivity contribution in [2.45, 2.75) is 10.3 Å². The zero-order chi connectivity index (χ0) is 18.6. The van der Waals surface area contributed by atoms with E-state index in [0.29, 0.717) is 36.9 Å². The molecular formula is C20H11Cl3INO. The number of aromatic nitrogens is 1. The summed E-state index contributed by atoms with van der Waals surface area (Å²) in [6.07, 6.45) is 0. The minimum atomic E-state index is -0.606. The average Bonchev–Trinajstić information content (AvgIpc) is 2.91. The van der Waals surface area contributed by atoms with Gasteiger partial charge in [-0.25, -0.2) is 0 Å². The Kier molecular flexibility index (Phi) is 4.76. The van der Waals surface area contributed by atoms with Crippen molar-refractivity contribution in [3.05, 3.63) is 80.4 Å². The first-order valence-corrected chi connectivity index (χ1v) is 10.5. The zero-order valence-electron chi connectivity index (χ0n) is 13.3. The fourth-order valence-electron chi connectivity index (χ4n) is 3.36. The van der Waals surface area contributed by atoms with Crippen molar-refractivity contribution in [2.75, 3.05) is 0 Å². The maximum Gasteiger partial charge on any atom is 0.178 e. The molecule has 2 nitrogen and oxygen atoms in total. The highest BCUT2D eigenvalue weighted by molar-refractivity contribution is 14.1. The second-order valence-corrected chi connectivity index (χ2v) is 7.95. The number of carbonyl (C=O) groups excluding carboxylic acids is 1. The molecule has 1 atom stereocenters. The maximum atomic E-state index is 13.2. The van der Waals surface area contributed by atoms with Crippen LogP contribution in [0.5, 0.6) is 0 Å². The normalized spacial score (nSPS) is 16.4. The van der Waals surface area contributed by atoms with Crippen molar-refractivity contribution >= 4 is 79.7 Å². The molecule has 1 unspecified atom stereocenters.